The van der Waals surface area contributed by atoms with Crippen molar-refractivity contribution >= 4 is 11.9 Å². The van der Waals surface area contributed by atoms with Crippen molar-refractivity contribution in [2.45, 2.75) is 13.5 Å². The second-order valence-corrected chi connectivity index (χ2v) is 7.69. The third-order valence-electron chi connectivity index (χ3n) is 5.90. The van der Waals surface area contributed by atoms with Crippen LogP contribution in [0, 0.1) is 0 Å². The summed E-state index contributed by atoms with van der Waals surface area (Å²) in [6, 6.07) is 10.7. The van der Waals surface area contributed by atoms with Crippen LogP contribution >= 0.6 is 0 Å². The number of nitrogens with one attached hydrogen (secondary N) is 2. The van der Waals surface area contributed by atoms with Crippen molar-refractivity contribution in [2.24, 2.45) is 0 Å². The highest BCUT2D eigenvalue weighted by atomic mass is 16.5. The van der Waals surface area contributed by atoms with Gasteiger partial charge < -0.3 is 24.4 Å². The van der Waals surface area contributed by atoms with Crippen LogP contribution < -0.4 is 19.3 Å². The van der Waals surface area contributed by atoms with E-state index in [9.17, 15) is 9.90 Å². The Morgan fingerprint density at radius 1 is 1.14 bits per heavy atom. The molecule has 0 atom stereocenters. The van der Waals surface area contributed by atoms with E-state index >= 15 is 0 Å². The lowest BCUT2D eigenvalue weighted by atomic mass is 10.0. The van der Waals surface area contributed by atoms with Crippen LogP contribution in [0.5, 0.6) is 17.2 Å². The summed E-state index contributed by atoms with van der Waals surface area (Å²) in [5.74, 6) is 1.53. The number of hydrogen-bond donors (Lipinski definition) is 3. The van der Waals surface area contributed by atoms with Crippen molar-refractivity contribution in [3.8, 4) is 17.2 Å². The highest BCUT2D eigenvalue weighted by Gasteiger charge is 2.33. The predicted octanol–water partition coefficient (Wildman–Crippen LogP) is 0.320. The van der Waals surface area contributed by atoms with Crippen molar-refractivity contribution in [3.05, 3.63) is 58.8 Å². The van der Waals surface area contributed by atoms with Gasteiger partial charge in [0, 0.05) is 0 Å². The molecular weight excluding hydrogens is 368 g/mol. The monoisotopic (exact) mass is 396 g/mol. The number of allylic oxidation sites excluding steroid dienone is 1. The van der Waals surface area contributed by atoms with E-state index in [4.69, 9.17) is 9.47 Å². The summed E-state index contributed by atoms with van der Waals surface area (Å²) >= 11 is 0. The number of carbonyl (C=O) groups is 1. The molecule has 0 spiro atoms. The van der Waals surface area contributed by atoms with Gasteiger partial charge in [0.1, 0.15) is 44.2 Å². The van der Waals surface area contributed by atoms with Crippen molar-refractivity contribution in [1.82, 2.24) is 0 Å². The van der Waals surface area contributed by atoms with Gasteiger partial charge in [-0.15, -0.1) is 0 Å². The summed E-state index contributed by atoms with van der Waals surface area (Å²) in [5, 5.41) is 10.5. The zero-order chi connectivity index (χ0) is 20.4. The van der Waals surface area contributed by atoms with E-state index < -0.39 is 0 Å². The van der Waals surface area contributed by atoms with Gasteiger partial charge in [0.2, 0.25) is 5.78 Å². The first-order valence-electron chi connectivity index (χ1n) is 10.2. The molecule has 0 unspecified atom stereocenters. The summed E-state index contributed by atoms with van der Waals surface area (Å²) in [4.78, 5) is 15.9. The molecule has 1 fully saturated rings. The number of likely N-dealkylation sites (N-methyl/N-ethyl adjacent to an activating group) is 1. The number of rotatable bonds is 5. The van der Waals surface area contributed by atoms with Crippen LogP contribution in [0.15, 0.2) is 42.2 Å². The van der Waals surface area contributed by atoms with E-state index in [-0.39, 0.29) is 17.3 Å². The molecule has 1 saturated heterocycles. The van der Waals surface area contributed by atoms with E-state index in [1.807, 2.05) is 24.3 Å². The molecule has 6 nitrogen and oxygen atoms in total. The number of fused-ring (bicyclic) bond motifs is 1. The quantitative estimate of drug-likeness (QED) is 0.637. The summed E-state index contributed by atoms with van der Waals surface area (Å²) in [7, 11) is 1.61. The molecule has 2 aliphatic rings. The Morgan fingerprint density at radius 2 is 1.90 bits per heavy atom. The van der Waals surface area contributed by atoms with Gasteiger partial charge in [-0.1, -0.05) is 12.1 Å². The van der Waals surface area contributed by atoms with Crippen molar-refractivity contribution < 1.29 is 29.2 Å². The normalized spacial score (nSPS) is 22.4. The second kappa shape index (κ2) is 8.27. The Hall–Kier alpha value is -2.83. The minimum Gasteiger partial charge on any atom is -0.507 e. The molecule has 0 bridgehead atoms. The van der Waals surface area contributed by atoms with Crippen molar-refractivity contribution in [3.63, 3.8) is 0 Å². The van der Waals surface area contributed by atoms with Crippen molar-refractivity contribution in [2.75, 3.05) is 39.8 Å². The van der Waals surface area contributed by atoms with Crippen LogP contribution in [0.4, 0.5) is 0 Å². The van der Waals surface area contributed by atoms with Gasteiger partial charge in [-0.2, -0.15) is 0 Å². The fourth-order valence-electron chi connectivity index (χ4n) is 4.09. The fourth-order valence-corrected chi connectivity index (χ4v) is 4.09. The molecule has 6 heteroatoms. The highest BCUT2D eigenvalue weighted by molar-refractivity contribution is 6.15. The van der Waals surface area contributed by atoms with Gasteiger partial charge in [0.25, 0.3) is 0 Å². The zero-order valence-corrected chi connectivity index (χ0v) is 17.0. The molecular formula is C23H28N2O4+2. The van der Waals surface area contributed by atoms with E-state index in [2.05, 4.69) is 6.92 Å². The van der Waals surface area contributed by atoms with Crippen LogP contribution in [-0.4, -0.2) is 50.7 Å². The number of ether oxygens (including phenoxy) is 2. The number of aromatic hydroxyl groups is 1. The summed E-state index contributed by atoms with van der Waals surface area (Å²) in [5.41, 5.74) is 2.07. The van der Waals surface area contributed by atoms with E-state index in [1.165, 1.54) is 4.90 Å². The van der Waals surface area contributed by atoms with Crippen LogP contribution in [0.2, 0.25) is 0 Å². The Kier molecular flexibility index (Phi) is 5.56. The summed E-state index contributed by atoms with van der Waals surface area (Å²) < 4.78 is 11.2. The van der Waals surface area contributed by atoms with Crippen LogP contribution in [0.3, 0.4) is 0 Å². The molecule has 2 heterocycles. The van der Waals surface area contributed by atoms with Gasteiger partial charge in [-0.3, -0.25) is 4.79 Å². The zero-order valence-electron chi connectivity index (χ0n) is 17.0. The molecule has 0 radical (unpaired) electrons. The highest BCUT2D eigenvalue weighted by Crippen LogP contribution is 2.39. The number of Topliss-reactive ketones (excluding diaryl/α,β-unsaturated/α-hetero) is 1. The summed E-state index contributed by atoms with van der Waals surface area (Å²) in [6.07, 6.45) is 1.72. The number of methoxy groups -OCH3 is 1. The maximum absolute atomic E-state index is 12.9. The van der Waals surface area contributed by atoms with Gasteiger partial charge in [0.15, 0.2) is 11.5 Å². The number of ketones is 1. The number of hydrogen-bond acceptors (Lipinski definition) is 4. The van der Waals surface area contributed by atoms with Gasteiger partial charge in [-0.25, -0.2) is 0 Å². The maximum Gasteiger partial charge on any atom is 0.231 e. The van der Waals surface area contributed by atoms with Gasteiger partial charge >= 0.3 is 0 Å². The number of phenols is 1. The molecule has 2 aromatic carbocycles. The smallest absolute Gasteiger partial charge is 0.231 e. The molecule has 0 saturated carbocycles. The number of phenolic OH excluding ortho intramolecular Hbond substituents is 1. The lowest BCUT2D eigenvalue weighted by Crippen LogP contribution is -3.27. The number of piperazine rings is 1. The molecule has 3 N–H and O–H groups in total. The molecule has 0 aliphatic carbocycles. The summed E-state index contributed by atoms with van der Waals surface area (Å²) in [6.45, 7) is 8.37. The standard InChI is InChI=1S/C23H26N2O4/c1-3-24-9-11-25(12-10-24)15-19-20(26)8-7-18-22(27)21(29-23(18)19)14-16-5-4-6-17(13-16)28-2/h4-8,13-14,26H,3,9-12,15H2,1-2H3/p+2. The largest absolute Gasteiger partial charge is 0.507 e. The van der Waals surface area contributed by atoms with Gasteiger partial charge in [-0.05, 0) is 42.8 Å². The lowest BCUT2D eigenvalue weighted by Gasteiger charge is -2.29. The third kappa shape index (κ3) is 3.99. The Labute approximate surface area is 171 Å². The first-order valence-corrected chi connectivity index (χ1v) is 10.2. The second-order valence-electron chi connectivity index (χ2n) is 7.69. The number of benzene rings is 2. The van der Waals surface area contributed by atoms with Crippen molar-refractivity contribution in [1.29, 1.82) is 0 Å². The minimum absolute atomic E-state index is 0.153. The van der Waals surface area contributed by atoms with E-state index in [0.717, 1.165) is 49.6 Å². The molecule has 0 aromatic heterocycles. The maximum atomic E-state index is 12.9. The van der Waals surface area contributed by atoms with Gasteiger partial charge in [0.05, 0.1) is 24.8 Å². The molecule has 0 amide bonds. The van der Waals surface area contributed by atoms with Crippen LogP contribution in [0.1, 0.15) is 28.4 Å². The Bertz CT molecular complexity index is 946. The fraction of sp³-hybridized carbons (Fsp3) is 0.348. The first-order chi connectivity index (χ1) is 14.1. The molecule has 2 aromatic rings. The average molecular weight is 396 g/mol. The lowest BCUT2D eigenvalue weighted by molar-refractivity contribution is -1.02. The molecule has 4 rings (SSSR count). The molecule has 152 valence electrons. The number of carbonyl (C=O) groups excluding carboxylic acids is 1. The minimum atomic E-state index is -0.153. The number of quaternary nitrogens is 2. The van der Waals surface area contributed by atoms with E-state index in [0.29, 0.717) is 17.9 Å². The molecule has 2 aliphatic heterocycles. The van der Waals surface area contributed by atoms with Crippen LogP contribution in [0.25, 0.3) is 6.08 Å². The first kappa shape index (κ1) is 19.5. The third-order valence-corrected chi connectivity index (χ3v) is 5.90. The Balaban J connectivity index is 1.58. The Morgan fingerprint density at radius 3 is 2.62 bits per heavy atom. The predicted molar refractivity (Wildman–Crippen MR) is 110 cm³/mol. The topological polar surface area (TPSA) is 64.6 Å². The average Bonchev–Trinajstić information content (AvgIpc) is 3.06. The molecule has 29 heavy (non-hydrogen) atoms. The van der Waals surface area contributed by atoms with E-state index in [1.54, 1.807) is 30.2 Å². The SMILES string of the molecule is CC[NH+]1CC[NH+](Cc2c(O)ccc3c2OC(=Cc2cccc(OC)c2)C3=O)CC1. The van der Waals surface area contributed by atoms with Crippen LogP contribution in [-0.2, 0) is 6.54 Å².